The van der Waals surface area contributed by atoms with Crippen LogP contribution in [-0.4, -0.2) is 30.2 Å². The minimum Gasteiger partial charge on any atom is -0.332 e. The van der Waals surface area contributed by atoms with E-state index < -0.39 is 17.6 Å². The Labute approximate surface area is 150 Å². The van der Waals surface area contributed by atoms with Gasteiger partial charge in [-0.1, -0.05) is 17.7 Å². The summed E-state index contributed by atoms with van der Waals surface area (Å²) in [5.74, 6) is -0.401. The molecule has 7 nitrogen and oxygen atoms in total. The first-order valence-electron chi connectivity index (χ1n) is 7.27. The first-order chi connectivity index (χ1) is 12.2. The highest BCUT2D eigenvalue weighted by molar-refractivity contribution is 6.31. The largest absolute Gasteiger partial charge is 0.417 e. The van der Waals surface area contributed by atoms with Gasteiger partial charge in [-0.25, -0.2) is 9.97 Å². The Balaban J connectivity index is 1.73. The van der Waals surface area contributed by atoms with Gasteiger partial charge in [-0.2, -0.15) is 13.2 Å². The summed E-state index contributed by atoms with van der Waals surface area (Å²) in [5, 5.41) is 6.01. The Bertz CT molecular complexity index is 949. The maximum absolute atomic E-state index is 12.9. The molecule has 2 aromatic heterocycles. The van der Waals surface area contributed by atoms with E-state index in [2.05, 4.69) is 20.4 Å². The highest BCUT2D eigenvalue weighted by Crippen LogP contribution is 2.35. The molecule has 1 N–H and O–H groups in total. The number of nitrogens with one attached hydrogen (secondary N) is 1. The van der Waals surface area contributed by atoms with Crippen molar-refractivity contribution >= 4 is 23.5 Å². The first-order valence-corrected chi connectivity index (χ1v) is 7.64. The maximum atomic E-state index is 12.9. The molecule has 0 saturated carbocycles. The summed E-state index contributed by atoms with van der Waals surface area (Å²) in [5.41, 5.74) is -0.448. The quantitative estimate of drug-likeness (QED) is 0.750. The van der Waals surface area contributed by atoms with Crippen LogP contribution in [0.4, 0.5) is 19.1 Å². The van der Waals surface area contributed by atoms with Crippen LogP contribution >= 0.6 is 11.6 Å². The van der Waals surface area contributed by atoms with Crippen LogP contribution in [0.1, 0.15) is 21.6 Å². The number of halogens is 4. The second-order valence-corrected chi connectivity index (χ2v) is 5.85. The standard InChI is InChI=1S/C15H12ClF3N6O/c1-24-7-21-14(23-24)22-13(26)12-6-25(8-20-12)5-9-2-3-11(16)10(4-9)15(17,18)19/h2-4,6-8H,5H2,1H3,(H,22,23,26). The number of imidazole rings is 1. The Kier molecular flexibility index (Phi) is 4.68. The number of amides is 1. The summed E-state index contributed by atoms with van der Waals surface area (Å²) in [7, 11) is 1.65. The predicted molar refractivity (Wildman–Crippen MR) is 86.7 cm³/mol. The van der Waals surface area contributed by atoms with Crippen molar-refractivity contribution in [1.82, 2.24) is 24.3 Å². The van der Waals surface area contributed by atoms with Gasteiger partial charge in [0.15, 0.2) is 0 Å². The lowest BCUT2D eigenvalue weighted by molar-refractivity contribution is -0.137. The van der Waals surface area contributed by atoms with E-state index in [1.165, 1.54) is 40.2 Å². The number of carbonyl (C=O) groups is 1. The topological polar surface area (TPSA) is 77.6 Å². The van der Waals surface area contributed by atoms with E-state index in [0.29, 0.717) is 5.56 Å². The summed E-state index contributed by atoms with van der Waals surface area (Å²) in [6.45, 7) is 0.0996. The maximum Gasteiger partial charge on any atom is 0.417 e. The SMILES string of the molecule is Cn1cnc(NC(=O)c2cn(Cc3ccc(Cl)c(C(F)(F)F)c3)cn2)n1. The highest BCUT2D eigenvalue weighted by atomic mass is 35.5. The van der Waals surface area contributed by atoms with Crippen LogP contribution in [0.25, 0.3) is 0 Å². The molecule has 2 heterocycles. The van der Waals surface area contributed by atoms with Crippen molar-refractivity contribution in [2.24, 2.45) is 7.05 Å². The third kappa shape index (κ3) is 4.02. The molecule has 3 rings (SSSR count). The number of aryl methyl sites for hydroxylation is 1. The fraction of sp³-hybridized carbons (Fsp3) is 0.200. The first kappa shape index (κ1) is 17.9. The Morgan fingerprint density at radius 3 is 2.69 bits per heavy atom. The molecule has 11 heteroatoms. The van der Waals surface area contributed by atoms with Gasteiger partial charge in [-0.15, -0.1) is 5.10 Å². The molecule has 0 saturated heterocycles. The van der Waals surface area contributed by atoms with Crippen LogP contribution in [0.3, 0.4) is 0 Å². The van der Waals surface area contributed by atoms with E-state index in [-0.39, 0.29) is 23.2 Å². The van der Waals surface area contributed by atoms with Gasteiger partial charge in [0.2, 0.25) is 5.95 Å². The van der Waals surface area contributed by atoms with Crippen molar-refractivity contribution in [3.8, 4) is 0 Å². The zero-order valence-corrected chi connectivity index (χ0v) is 14.1. The number of carbonyl (C=O) groups excluding carboxylic acids is 1. The summed E-state index contributed by atoms with van der Waals surface area (Å²) in [4.78, 5) is 19.9. The van der Waals surface area contributed by atoms with Crippen LogP contribution in [0.5, 0.6) is 0 Å². The van der Waals surface area contributed by atoms with Gasteiger partial charge in [0.1, 0.15) is 12.0 Å². The number of anilines is 1. The van der Waals surface area contributed by atoms with Crippen molar-refractivity contribution in [3.63, 3.8) is 0 Å². The van der Waals surface area contributed by atoms with E-state index in [4.69, 9.17) is 11.6 Å². The third-order valence-electron chi connectivity index (χ3n) is 3.39. The zero-order chi connectivity index (χ0) is 18.9. The number of hydrogen-bond acceptors (Lipinski definition) is 4. The number of alkyl halides is 3. The van der Waals surface area contributed by atoms with Gasteiger partial charge in [-0.05, 0) is 17.7 Å². The smallest absolute Gasteiger partial charge is 0.332 e. The van der Waals surface area contributed by atoms with Gasteiger partial charge in [0.25, 0.3) is 5.91 Å². The number of nitrogens with zero attached hydrogens (tertiary/aromatic N) is 5. The molecule has 0 fully saturated rings. The molecule has 1 aromatic carbocycles. The molecule has 0 aliphatic heterocycles. The van der Waals surface area contributed by atoms with E-state index in [9.17, 15) is 18.0 Å². The predicted octanol–water partition coefficient (Wildman–Crippen LogP) is 2.98. The minimum absolute atomic E-state index is 0.0856. The van der Waals surface area contributed by atoms with Gasteiger partial charge in [0.05, 0.1) is 16.9 Å². The second-order valence-electron chi connectivity index (χ2n) is 5.44. The minimum atomic E-state index is -4.54. The molecular formula is C15H12ClF3N6O. The molecule has 26 heavy (non-hydrogen) atoms. The van der Waals surface area contributed by atoms with Gasteiger partial charge in [0, 0.05) is 19.8 Å². The van der Waals surface area contributed by atoms with Crippen LogP contribution in [0, 0.1) is 0 Å². The normalized spacial score (nSPS) is 11.6. The number of aromatic nitrogens is 5. The Hall–Kier alpha value is -2.88. The van der Waals surface area contributed by atoms with Crippen molar-refractivity contribution in [2.75, 3.05) is 5.32 Å². The molecule has 136 valence electrons. The van der Waals surface area contributed by atoms with Crippen LogP contribution in [0.2, 0.25) is 5.02 Å². The average Bonchev–Trinajstić information content (AvgIpc) is 3.17. The van der Waals surface area contributed by atoms with Crippen LogP contribution in [-0.2, 0) is 19.8 Å². The van der Waals surface area contributed by atoms with Gasteiger partial charge >= 0.3 is 6.18 Å². The average molecular weight is 385 g/mol. The molecule has 0 aliphatic rings. The van der Waals surface area contributed by atoms with Crippen molar-refractivity contribution in [3.05, 3.63) is 58.9 Å². The Morgan fingerprint density at radius 2 is 2.04 bits per heavy atom. The third-order valence-corrected chi connectivity index (χ3v) is 3.72. The number of rotatable bonds is 4. The lowest BCUT2D eigenvalue weighted by Gasteiger charge is -2.11. The monoisotopic (exact) mass is 384 g/mol. The molecule has 0 atom stereocenters. The van der Waals surface area contributed by atoms with Crippen LogP contribution in [0.15, 0.2) is 37.1 Å². The highest BCUT2D eigenvalue weighted by Gasteiger charge is 2.33. The molecular weight excluding hydrogens is 373 g/mol. The molecule has 3 aromatic rings. The van der Waals surface area contributed by atoms with E-state index >= 15 is 0 Å². The van der Waals surface area contributed by atoms with E-state index in [1.807, 2.05) is 0 Å². The number of hydrogen-bond donors (Lipinski definition) is 1. The second kappa shape index (κ2) is 6.79. The van der Waals surface area contributed by atoms with Gasteiger partial charge < -0.3 is 4.57 Å². The summed E-state index contributed by atoms with van der Waals surface area (Å²) >= 11 is 5.60. The van der Waals surface area contributed by atoms with Crippen molar-refractivity contribution in [2.45, 2.75) is 12.7 Å². The fourth-order valence-electron chi connectivity index (χ4n) is 2.22. The lowest BCUT2D eigenvalue weighted by Crippen LogP contribution is -2.13. The Morgan fingerprint density at radius 1 is 1.27 bits per heavy atom. The summed E-state index contributed by atoms with van der Waals surface area (Å²) < 4.78 is 41.7. The van der Waals surface area contributed by atoms with Gasteiger partial charge in [-0.3, -0.25) is 14.8 Å². The molecule has 1 amide bonds. The number of benzene rings is 1. The van der Waals surface area contributed by atoms with Crippen LogP contribution < -0.4 is 5.32 Å². The van der Waals surface area contributed by atoms with E-state index in [1.54, 1.807) is 7.05 Å². The summed E-state index contributed by atoms with van der Waals surface area (Å²) in [6, 6.07) is 3.64. The van der Waals surface area contributed by atoms with E-state index in [0.717, 1.165) is 6.07 Å². The van der Waals surface area contributed by atoms with Crippen molar-refractivity contribution in [1.29, 1.82) is 0 Å². The zero-order valence-electron chi connectivity index (χ0n) is 13.3. The molecule has 0 spiro atoms. The molecule has 0 radical (unpaired) electrons. The molecule has 0 aliphatic carbocycles. The lowest BCUT2D eigenvalue weighted by atomic mass is 10.1. The van der Waals surface area contributed by atoms with Crippen molar-refractivity contribution < 1.29 is 18.0 Å². The molecule has 0 unspecified atom stereocenters. The summed E-state index contributed by atoms with van der Waals surface area (Å²) in [6.07, 6.45) is -0.349. The fourth-order valence-corrected chi connectivity index (χ4v) is 2.45. The molecule has 0 bridgehead atoms.